The summed E-state index contributed by atoms with van der Waals surface area (Å²) in [7, 11) is 1.64. The molecular weight excluding hydrogens is 378 g/mol. The van der Waals surface area contributed by atoms with Crippen LogP contribution in [0.4, 0.5) is 0 Å². The molecule has 0 amide bonds. The number of ether oxygens (including phenoxy) is 1. The molecular formula is C24H25N3OS. The number of nitriles is 1. The standard InChI is InChI=1S/C24H25N3OS/c1-5-21-17(11-12-28-4)7-6-8-22(21)24-27-26-23(29-24)19-10-9-18(13-16(2)3)20(14-19)15-25/h6-12,14,16H,5,13H2,1-4H3/b12-11+. The molecule has 4 nitrogen and oxygen atoms in total. The summed E-state index contributed by atoms with van der Waals surface area (Å²) in [6, 6.07) is 14.5. The summed E-state index contributed by atoms with van der Waals surface area (Å²) in [5.41, 5.74) is 6.16. The lowest BCUT2D eigenvalue weighted by Crippen LogP contribution is -1.97. The molecule has 29 heavy (non-hydrogen) atoms. The van der Waals surface area contributed by atoms with Gasteiger partial charge in [-0.05, 0) is 47.6 Å². The van der Waals surface area contributed by atoms with E-state index in [-0.39, 0.29) is 0 Å². The van der Waals surface area contributed by atoms with Gasteiger partial charge in [0, 0.05) is 11.1 Å². The van der Waals surface area contributed by atoms with Crippen LogP contribution in [0.1, 0.15) is 43.0 Å². The van der Waals surface area contributed by atoms with Gasteiger partial charge in [0.2, 0.25) is 0 Å². The first-order chi connectivity index (χ1) is 14.1. The number of nitrogens with zero attached hydrogens (tertiary/aromatic N) is 3. The Balaban J connectivity index is 1.98. The molecule has 0 radical (unpaired) electrons. The van der Waals surface area contributed by atoms with Gasteiger partial charge in [0.25, 0.3) is 0 Å². The zero-order chi connectivity index (χ0) is 20.8. The van der Waals surface area contributed by atoms with Gasteiger partial charge in [-0.2, -0.15) is 5.26 Å². The molecule has 1 heterocycles. The van der Waals surface area contributed by atoms with Crippen molar-refractivity contribution in [2.24, 2.45) is 5.92 Å². The maximum Gasteiger partial charge on any atom is 0.148 e. The van der Waals surface area contributed by atoms with E-state index in [1.54, 1.807) is 24.7 Å². The van der Waals surface area contributed by atoms with Crippen LogP contribution in [0.25, 0.3) is 27.2 Å². The zero-order valence-corrected chi connectivity index (χ0v) is 18.1. The van der Waals surface area contributed by atoms with Crippen LogP contribution in [0.2, 0.25) is 0 Å². The second kappa shape index (κ2) is 9.49. The van der Waals surface area contributed by atoms with Gasteiger partial charge in [-0.25, -0.2) is 0 Å². The molecule has 1 aromatic heterocycles. The van der Waals surface area contributed by atoms with E-state index in [2.05, 4.69) is 49.2 Å². The van der Waals surface area contributed by atoms with Crippen molar-refractivity contribution in [1.82, 2.24) is 10.2 Å². The summed E-state index contributed by atoms with van der Waals surface area (Å²) in [6.45, 7) is 6.46. The minimum absolute atomic E-state index is 0.507. The van der Waals surface area contributed by atoms with Crippen molar-refractivity contribution in [3.63, 3.8) is 0 Å². The molecule has 5 heteroatoms. The van der Waals surface area contributed by atoms with Crippen LogP contribution in [0.5, 0.6) is 0 Å². The van der Waals surface area contributed by atoms with Crippen molar-refractivity contribution in [1.29, 1.82) is 5.26 Å². The number of aromatic nitrogens is 2. The highest BCUT2D eigenvalue weighted by molar-refractivity contribution is 7.17. The number of benzene rings is 2. The summed E-state index contributed by atoms with van der Waals surface area (Å²) in [5, 5.41) is 20.1. The van der Waals surface area contributed by atoms with Gasteiger partial charge in [-0.1, -0.05) is 62.4 Å². The van der Waals surface area contributed by atoms with Crippen LogP contribution in [-0.4, -0.2) is 17.3 Å². The molecule has 0 aliphatic carbocycles. The van der Waals surface area contributed by atoms with E-state index in [9.17, 15) is 5.26 Å². The Bertz CT molecular complexity index is 1060. The van der Waals surface area contributed by atoms with E-state index in [0.29, 0.717) is 11.5 Å². The summed E-state index contributed by atoms with van der Waals surface area (Å²) in [5.74, 6) is 0.507. The summed E-state index contributed by atoms with van der Waals surface area (Å²) in [4.78, 5) is 0. The van der Waals surface area contributed by atoms with Gasteiger partial charge in [-0.3, -0.25) is 0 Å². The zero-order valence-electron chi connectivity index (χ0n) is 17.3. The van der Waals surface area contributed by atoms with E-state index in [1.807, 2.05) is 30.3 Å². The van der Waals surface area contributed by atoms with Crippen molar-refractivity contribution in [3.05, 3.63) is 64.9 Å². The quantitative estimate of drug-likeness (QED) is 0.446. The molecule has 0 saturated heterocycles. The second-order valence-electron chi connectivity index (χ2n) is 7.26. The van der Waals surface area contributed by atoms with E-state index >= 15 is 0 Å². The maximum atomic E-state index is 9.56. The number of hydrogen-bond acceptors (Lipinski definition) is 5. The van der Waals surface area contributed by atoms with Crippen LogP contribution < -0.4 is 0 Å². The highest BCUT2D eigenvalue weighted by Gasteiger charge is 2.15. The van der Waals surface area contributed by atoms with Gasteiger partial charge < -0.3 is 4.74 Å². The van der Waals surface area contributed by atoms with Crippen molar-refractivity contribution in [2.75, 3.05) is 7.11 Å². The van der Waals surface area contributed by atoms with Crippen LogP contribution in [0, 0.1) is 17.2 Å². The highest BCUT2D eigenvalue weighted by atomic mass is 32.1. The largest absolute Gasteiger partial charge is 0.504 e. The maximum absolute atomic E-state index is 9.56. The van der Waals surface area contributed by atoms with E-state index < -0.39 is 0 Å². The fourth-order valence-corrected chi connectivity index (χ4v) is 4.27. The molecule has 0 bridgehead atoms. The van der Waals surface area contributed by atoms with Crippen LogP contribution in [0.3, 0.4) is 0 Å². The lowest BCUT2D eigenvalue weighted by atomic mass is 9.97. The van der Waals surface area contributed by atoms with Gasteiger partial charge in [0.15, 0.2) is 0 Å². The van der Waals surface area contributed by atoms with Gasteiger partial charge >= 0.3 is 0 Å². The average molecular weight is 404 g/mol. The molecule has 0 aliphatic heterocycles. The summed E-state index contributed by atoms with van der Waals surface area (Å²) >= 11 is 1.55. The molecule has 3 rings (SSSR count). The summed E-state index contributed by atoms with van der Waals surface area (Å²) < 4.78 is 5.08. The molecule has 0 unspecified atom stereocenters. The van der Waals surface area contributed by atoms with E-state index in [4.69, 9.17) is 4.74 Å². The van der Waals surface area contributed by atoms with Crippen molar-refractivity contribution < 1.29 is 4.74 Å². The van der Waals surface area contributed by atoms with Gasteiger partial charge in [0.05, 0.1) is 25.0 Å². The smallest absolute Gasteiger partial charge is 0.148 e. The molecule has 0 spiro atoms. The molecule has 0 fully saturated rings. The monoisotopic (exact) mass is 403 g/mol. The Morgan fingerprint density at radius 1 is 1.17 bits per heavy atom. The van der Waals surface area contributed by atoms with Crippen LogP contribution in [0.15, 0.2) is 42.7 Å². The van der Waals surface area contributed by atoms with Crippen molar-refractivity contribution in [2.45, 2.75) is 33.6 Å². The Hall–Kier alpha value is -2.97. The first-order valence-electron chi connectivity index (χ1n) is 9.75. The van der Waals surface area contributed by atoms with Crippen LogP contribution >= 0.6 is 11.3 Å². The number of rotatable bonds is 7. The SMILES string of the molecule is CCc1c(/C=C/OC)cccc1-c1nnc(-c2ccc(CC(C)C)c(C#N)c2)s1. The third kappa shape index (κ3) is 4.72. The predicted molar refractivity (Wildman–Crippen MR) is 119 cm³/mol. The molecule has 2 aromatic carbocycles. The third-order valence-corrected chi connectivity index (χ3v) is 5.72. The minimum atomic E-state index is 0.507. The molecule has 0 aliphatic rings. The van der Waals surface area contributed by atoms with E-state index in [0.717, 1.165) is 45.1 Å². The Labute approximate surface area is 176 Å². The Morgan fingerprint density at radius 2 is 1.97 bits per heavy atom. The van der Waals surface area contributed by atoms with Crippen molar-refractivity contribution in [3.8, 4) is 27.2 Å². The van der Waals surface area contributed by atoms with Crippen LogP contribution in [-0.2, 0) is 17.6 Å². The highest BCUT2D eigenvalue weighted by Crippen LogP contribution is 2.34. The third-order valence-electron chi connectivity index (χ3n) is 4.71. The second-order valence-corrected chi connectivity index (χ2v) is 8.24. The number of methoxy groups -OCH3 is 1. The lowest BCUT2D eigenvalue weighted by Gasteiger charge is -2.09. The molecule has 0 atom stereocenters. The Kier molecular flexibility index (Phi) is 6.79. The molecule has 148 valence electrons. The van der Waals surface area contributed by atoms with E-state index in [1.165, 1.54) is 5.56 Å². The van der Waals surface area contributed by atoms with Crippen molar-refractivity contribution >= 4 is 17.4 Å². The molecule has 0 N–H and O–H groups in total. The summed E-state index contributed by atoms with van der Waals surface area (Å²) in [6.07, 6.45) is 5.44. The first-order valence-corrected chi connectivity index (χ1v) is 10.6. The molecule has 3 aromatic rings. The fourth-order valence-electron chi connectivity index (χ4n) is 3.38. The lowest BCUT2D eigenvalue weighted by molar-refractivity contribution is 0.341. The Morgan fingerprint density at radius 3 is 2.66 bits per heavy atom. The topological polar surface area (TPSA) is 58.8 Å². The average Bonchev–Trinajstić information content (AvgIpc) is 3.21. The minimum Gasteiger partial charge on any atom is -0.504 e. The number of hydrogen-bond donors (Lipinski definition) is 0. The predicted octanol–water partition coefficient (Wildman–Crippen LogP) is 6.12. The van der Waals surface area contributed by atoms with Gasteiger partial charge in [0.1, 0.15) is 10.0 Å². The first kappa shape index (κ1) is 20.8. The molecule has 0 saturated carbocycles. The van der Waals surface area contributed by atoms with Gasteiger partial charge in [-0.15, -0.1) is 10.2 Å². The fraction of sp³-hybridized carbons (Fsp3) is 0.292. The normalized spacial score (nSPS) is 11.2.